The first kappa shape index (κ1) is 20.3. The molecule has 3 N–H and O–H groups in total. The Morgan fingerprint density at radius 1 is 1.03 bits per heavy atom. The van der Waals surface area contributed by atoms with Gasteiger partial charge in [-0.25, -0.2) is 9.78 Å². The maximum atomic E-state index is 12.2. The number of nitrogens with zero attached hydrogens (tertiary/aromatic N) is 1. The molecule has 0 bridgehead atoms. The van der Waals surface area contributed by atoms with E-state index in [9.17, 15) is 9.59 Å². The first-order valence-electron chi connectivity index (χ1n) is 9.05. The third-order valence-corrected chi connectivity index (χ3v) is 4.88. The molecule has 3 amide bonds. The number of aromatic nitrogens is 1. The molecule has 0 unspecified atom stereocenters. The smallest absolute Gasteiger partial charge is 0.325 e. The molecule has 1 aromatic heterocycles. The van der Waals surface area contributed by atoms with Gasteiger partial charge in [-0.15, -0.1) is 11.3 Å². The van der Waals surface area contributed by atoms with Gasteiger partial charge in [0, 0.05) is 17.6 Å². The van der Waals surface area contributed by atoms with Gasteiger partial charge in [0.25, 0.3) is 5.91 Å². The molecule has 0 aliphatic carbocycles. The van der Waals surface area contributed by atoms with Gasteiger partial charge in [-0.1, -0.05) is 29.8 Å². The molecular weight excluding hydrogens is 388 g/mol. The highest BCUT2D eigenvalue weighted by atomic mass is 32.1. The van der Waals surface area contributed by atoms with Crippen LogP contribution in [0.5, 0.6) is 5.75 Å². The normalized spacial score (nSPS) is 10.3. The van der Waals surface area contributed by atoms with E-state index in [0.717, 1.165) is 16.9 Å². The summed E-state index contributed by atoms with van der Waals surface area (Å²) >= 11 is 1.20. The summed E-state index contributed by atoms with van der Waals surface area (Å²) in [7, 11) is 1.62. The number of rotatable bonds is 7. The second-order valence-electron chi connectivity index (χ2n) is 6.34. The number of hydrogen-bond acceptors (Lipinski definition) is 5. The summed E-state index contributed by atoms with van der Waals surface area (Å²) in [6, 6.07) is 14.7. The molecule has 29 heavy (non-hydrogen) atoms. The Kier molecular flexibility index (Phi) is 6.80. The minimum absolute atomic E-state index is 0.273. The number of aryl methyl sites for hydroxylation is 1. The molecular formula is C21H22N4O3S. The predicted molar refractivity (Wildman–Crippen MR) is 115 cm³/mol. The SMILES string of the molecule is COc1ccc(CCNC(=O)c2csc(NC(=O)Nc3ccc(C)cc3)n2)cc1. The van der Waals surface area contributed by atoms with E-state index in [1.807, 2.05) is 55.5 Å². The lowest BCUT2D eigenvalue weighted by atomic mass is 10.1. The van der Waals surface area contributed by atoms with Crippen molar-refractivity contribution in [2.75, 3.05) is 24.3 Å². The molecule has 150 valence electrons. The Bertz CT molecular complexity index is 968. The number of ether oxygens (including phenoxy) is 1. The van der Waals surface area contributed by atoms with Gasteiger partial charge in [0.2, 0.25) is 0 Å². The molecule has 7 nitrogen and oxygen atoms in total. The number of amides is 3. The Morgan fingerprint density at radius 2 is 1.76 bits per heavy atom. The second-order valence-corrected chi connectivity index (χ2v) is 7.20. The average molecular weight is 410 g/mol. The molecule has 0 fully saturated rings. The number of nitrogens with one attached hydrogen (secondary N) is 3. The fourth-order valence-electron chi connectivity index (χ4n) is 2.53. The second kappa shape index (κ2) is 9.70. The van der Waals surface area contributed by atoms with Gasteiger partial charge in [0.1, 0.15) is 11.4 Å². The highest BCUT2D eigenvalue weighted by Crippen LogP contribution is 2.16. The number of carbonyl (C=O) groups is 2. The van der Waals surface area contributed by atoms with Crippen LogP contribution >= 0.6 is 11.3 Å². The lowest BCUT2D eigenvalue weighted by molar-refractivity contribution is 0.0950. The van der Waals surface area contributed by atoms with Crippen LogP contribution in [-0.4, -0.2) is 30.6 Å². The summed E-state index contributed by atoms with van der Waals surface area (Å²) in [6.45, 7) is 2.46. The van der Waals surface area contributed by atoms with E-state index in [-0.39, 0.29) is 11.6 Å². The standard InChI is InChI=1S/C21H22N4O3S/c1-14-3-7-16(8-4-14)23-20(27)25-21-24-18(13-29-21)19(26)22-12-11-15-5-9-17(28-2)10-6-15/h3-10,13H,11-12H2,1-2H3,(H,22,26)(H2,23,24,25,27). The van der Waals surface area contributed by atoms with Crippen molar-refractivity contribution >= 4 is 34.1 Å². The highest BCUT2D eigenvalue weighted by molar-refractivity contribution is 7.14. The van der Waals surface area contributed by atoms with Crippen LogP contribution in [0.25, 0.3) is 0 Å². The predicted octanol–water partition coefficient (Wildman–Crippen LogP) is 4.08. The van der Waals surface area contributed by atoms with Crippen LogP contribution in [0.3, 0.4) is 0 Å². The largest absolute Gasteiger partial charge is 0.497 e. The maximum absolute atomic E-state index is 12.2. The highest BCUT2D eigenvalue weighted by Gasteiger charge is 2.12. The summed E-state index contributed by atoms with van der Waals surface area (Å²) in [5, 5.41) is 10.2. The van der Waals surface area contributed by atoms with E-state index in [1.54, 1.807) is 12.5 Å². The van der Waals surface area contributed by atoms with E-state index in [0.29, 0.717) is 23.8 Å². The summed E-state index contributed by atoms with van der Waals surface area (Å²) in [5.41, 5.74) is 3.16. The van der Waals surface area contributed by atoms with Gasteiger partial charge in [-0.05, 0) is 43.2 Å². The van der Waals surface area contributed by atoms with Crippen LogP contribution in [0.2, 0.25) is 0 Å². The van der Waals surface area contributed by atoms with Crippen molar-refractivity contribution < 1.29 is 14.3 Å². The van der Waals surface area contributed by atoms with E-state index in [4.69, 9.17) is 4.74 Å². The fraction of sp³-hybridized carbons (Fsp3) is 0.190. The molecule has 8 heteroatoms. The number of benzene rings is 2. The Hall–Kier alpha value is -3.39. The van der Waals surface area contributed by atoms with Crippen LogP contribution in [-0.2, 0) is 6.42 Å². The minimum Gasteiger partial charge on any atom is -0.497 e. The molecule has 0 saturated carbocycles. The van der Waals surface area contributed by atoms with Gasteiger partial charge < -0.3 is 15.4 Å². The molecule has 1 heterocycles. The van der Waals surface area contributed by atoms with Crippen molar-refractivity contribution in [3.05, 3.63) is 70.7 Å². The zero-order chi connectivity index (χ0) is 20.6. The monoisotopic (exact) mass is 410 g/mol. The van der Waals surface area contributed by atoms with Crippen LogP contribution in [0.4, 0.5) is 15.6 Å². The topological polar surface area (TPSA) is 92.4 Å². The number of carbonyl (C=O) groups excluding carboxylic acids is 2. The van der Waals surface area contributed by atoms with Crippen molar-refractivity contribution in [2.45, 2.75) is 13.3 Å². The number of thiazole rings is 1. The molecule has 3 aromatic rings. The van der Waals surface area contributed by atoms with E-state index < -0.39 is 6.03 Å². The number of hydrogen-bond donors (Lipinski definition) is 3. The minimum atomic E-state index is -0.408. The van der Waals surface area contributed by atoms with Crippen molar-refractivity contribution in [3.8, 4) is 5.75 Å². The lowest BCUT2D eigenvalue weighted by Gasteiger charge is -2.06. The van der Waals surface area contributed by atoms with Crippen LogP contribution in [0.15, 0.2) is 53.9 Å². The van der Waals surface area contributed by atoms with E-state index in [2.05, 4.69) is 20.9 Å². The van der Waals surface area contributed by atoms with Crippen molar-refractivity contribution in [3.63, 3.8) is 0 Å². The maximum Gasteiger partial charge on any atom is 0.325 e. The summed E-state index contributed by atoms with van der Waals surface area (Å²) in [4.78, 5) is 28.5. The molecule has 0 radical (unpaired) electrons. The third-order valence-electron chi connectivity index (χ3n) is 4.13. The summed E-state index contributed by atoms with van der Waals surface area (Å²) in [6.07, 6.45) is 0.698. The third kappa shape index (κ3) is 6.05. The molecule has 3 rings (SSSR count). The van der Waals surface area contributed by atoms with Crippen molar-refractivity contribution in [2.24, 2.45) is 0 Å². The molecule has 0 spiro atoms. The first-order chi connectivity index (χ1) is 14.0. The van der Waals surface area contributed by atoms with Crippen LogP contribution in [0.1, 0.15) is 21.6 Å². The van der Waals surface area contributed by atoms with Gasteiger partial charge in [0.15, 0.2) is 5.13 Å². The van der Waals surface area contributed by atoms with Gasteiger partial charge in [0.05, 0.1) is 7.11 Å². The van der Waals surface area contributed by atoms with Crippen LogP contribution in [0, 0.1) is 6.92 Å². The lowest BCUT2D eigenvalue weighted by Crippen LogP contribution is -2.26. The van der Waals surface area contributed by atoms with Crippen molar-refractivity contribution in [1.29, 1.82) is 0 Å². The number of methoxy groups -OCH3 is 1. The first-order valence-corrected chi connectivity index (χ1v) is 9.93. The van der Waals surface area contributed by atoms with E-state index in [1.165, 1.54) is 11.3 Å². The van der Waals surface area contributed by atoms with Crippen molar-refractivity contribution in [1.82, 2.24) is 10.3 Å². The number of anilines is 2. The Balaban J connectivity index is 1.46. The Morgan fingerprint density at radius 3 is 2.45 bits per heavy atom. The van der Waals surface area contributed by atoms with Gasteiger partial charge in [-0.3, -0.25) is 10.1 Å². The zero-order valence-corrected chi connectivity index (χ0v) is 17.0. The Labute approximate surface area is 173 Å². The average Bonchev–Trinajstić information content (AvgIpc) is 3.18. The molecule has 2 aromatic carbocycles. The zero-order valence-electron chi connectivity index (χ0n) is 16.2. The summed E-state index contributed by atoms with van der Waals surface area (Å²) < 4.78 is 5.13. The quantitative estimate of drug-likeness (QED) is 0.547. The van der Waals surface area contributed by atoms with Gasteiger partial charge in [-0.2, -0.15) is 0 Å². The molecule has 0 aliphatic heterocycles. The fourth-order valence-corrected chi connectivity index (χ4v) is 3.22. The molecule has 0 saturated heterocycles. The van der Waals surface area contributed by atoms with Crippen LogP contribution < -0.4 is 20.7 Å². The molecule has 0 aliphatic rings. The number of urea groups is 1. The summed E-state index contributed by atoms with van der Waals surface area (Å²) in [5.74, 6) is 0.522. The van der Waals surface area contributed by atoms with E-state index >= 15 is 0 Å². The van der Waals surface area contributed by atoms with Gasteiger partial charge >= 0.3 is 6.03 Å². The molecule has 0 atom stereocenters.